The summed E-state index contributed by atoms with van der Waals surface area (Å²) in [5.74, 6) is -1.20. The molecule has 1 aliphatic heterocycles. The molecule has 11 nitrogen and oxygen atoms in total. The fourth-order valence-electron chi connectivity index (χ4n) is 11.6. The van der Waals surface area contributed by atoms with Gasteiger partial charge in [-0.15, -0.1) is 0 Å². The quantitative estimate of drug-likeness (QED) is 0.0195. The van der Waals surface area contributed by atoms with E-state index >= 15 is 0 Å². The third kappa shape index (κ3) is 52.2. The van der Waals surface area contributed by atoms with Crippen LogP contribution in [0.2, 0.25) is 0 Å². The third-order valence-electron chi connectivity index (χ3n) is 17.5. The normalized spacial score (nSPS) is 18.5. The minimum Gasteiger partial charge on any atom is -0.454 e. The third-order valence-corrected chi connectivity index (χ3v) is 17.5. The lowest BCUT2D eigenvalue weighted by Gasteiger charge is -2.41. The van der Waals surface area contributed by atoms with E-state index < -0.39 is 67.4 Å². The molecule has 11 heteroatoms. The molecule has 1 aliphatic rings. The van der Waals surface area contributed by atoms with Crippen molar-refractivity contribution in [3.05, 3.63) is 85.1 Å². The Morgan fingerprint density at radius 1 is 0.444 bits per heavy atom. The van der Waals surface area contributed by atoms with E-state index in [4.69, 9.17) is 14.2 Å². The molecule has 0 aromatic carbocycles. The lowest BCUT2D eigenvalue weighted by Crippen LogP contribution is -2.61. The summed E-state index contributed by atoms with van der Waals surface area (Å²) in [4.78, 5) is 26.7. The van der Waals surface area contributed by atoms with Crippen molar-refractivity contribution in [2.45, 2.75) is 391 Å². The summed E-state index contributed by atoms with van der Waals surface area (Å²) in [7, 11) is 0. The van der Waals surface area contributed by atoms with Gasteiger partial charge in [0.1, 0.15) is 24.4 Å². The summed E-state index contributed by atoms with van der Waals surface area (Å²) in [5, 5.41) is 57.3. The Labute approximate surface area is 553 Å². The first kappa shape index (κ1) is 84.9. The number of carbonyl (C=O) groups excluding carboxylic acids is 2. The molecule has 0 bridgehead atoms. The van der Waals surface area contributed by atoms with Crippen molar-refractivity contribution in [3.8, 4) is 0 Å². The molecule has 8 atom stereocenters. The van der Waals surface area contributed by atoms with Gasteiger partial charge >= 0.3 is 5.97 Å². The zero-order valence-corrected chi connectivity index (χ0v) is 58.2. The molecular weight excluding hydrogens is 1120 g/mol. The molecule has 522 valence electrons. The second-order valence-corrected chi connectivity index (χ2v) is 26.0. The minimum atomic E-state index is -1.62. The van der Waals surface area contributed by atoms with Gasteiger partial charge in [-0.05, 0) is 96.3 Å². The Kier molecular flexibility index (Phi) is 62.1. The Morgan fingerprint density at radius 3 is 1.21 bits per heavy atom. The van der Waals surface area contributed by atoms with Crippen molar-refractivity contribution in [2.75, 3.05) is 13.2 Å². The maximum absolute atomic E-state index is 13.5. The number of allylic oxidation sites excluding steroid dienone is 13. The van der Waals surface area contributed by atoms with Crippen molar-refractivity contribution in [3.63, 3.8) is 0 Å². The first-order valence-corrected chi connectivity index (χ1v) is 37.9. The SMILES string of the molecule is CC/C=C\C/C=C\C/C=C\C/C=C\C/C=C\CCCCCCCCCC(=O)OC1C(OCC(NC(=O)C(O)CCCCCCCCCCCCCCCCCC/C=C/CCCCCCCC)C(O)/C=C/CCCCCCCCCCCC)OC(CO)C(O)C1O. The molecule has 90 heavy (non-hydrogen) atoms. The number of nitrogens with one attached hydrogen (secondary N) is 1. The number of esters is 1. The van der Waals surface area contributed by atoms with Crippen LogP contribution in [0.25, 0.3) is 0 Å². The topological polar surface area (TPSA) is 175 Å². The Morgan fingerprint density at radius 2 is 0.800 bits per heavy atom. The van der Waals surface area contributed by atoms with Crippen LogP contribution < -0.4 is 5.32 Å². The van der Waals surface area contributed by atoms with Crippen molar-refractivity contribution < 1.29 is 49.3 Å². The molecule has 6 N–H and O–H groups in total. The number of aliphatic hydroxyl groups is 5. The predicted molar refractivity (Wildman–Crippen MR) is 379 cm³/mol. The summed E-state index contributed by atoms with van der Waals surface area (Å²) in [6, 6.07) is -1.03. The van der Waals surface area contributed by atoms with Crippen LogP contribution >= 0.6 is 0 Å². The van der Waals surface area contributed by atoms with Crippen molar-refractivity contribution in [1.29, 1.82) is 0 Å². The van der Waals surface area contributed by atoms with Crippen molar-refractivity contribution >= 4 is 11.9 Å². The van der Waals surface area contributed by atoms with Gasteiger partial charge in [0.05, 0.1) is 25.4 Å². The average molecular weight is 1260 g/mol. The van der Waals surface area contributed by atoms with Crippen LogP contribution in [0.15, 0.2) is 85.1 Å². The van der Waals surface area contributed by atoms with Crippen LogP contribution in [-0.4, -0.2) is 99.6 Å². The number of aliphatic hydroxyl groups excluding tert-OH is 5. The molecule has 0 radical (unpaired) electrons. The standard InChI is InChI=1S/C79H141NO10/c1-4-7-10-13-16-19-22-25-27-29-31-33-35-36-37-39-40-42-44-46-48-51-54-57-60-63-66-72(83)78(87)80-70(71(82)65-62-59-56-53-50-24-21-18-15-12-9-6-3)69-88-79-77(76(86)75(85)73(68-81)89-79)90-74(84)67-64-61-58-55-52-49-47-45-43-41-38-34-32-30-28-26-23-20-17-14-11-8-5-2/h8,11,17,20,25-28,32,34,41,43,62,65,70-73,75-77,79,81-83,85-86H,4-7,9-10,12-16,18-19,21-24,29-31,33,35-40,42,44-61,63-64,66-69H2,1-3H3,(H,80,87)/b11-8-,20-17-,27-25+,28-26-,34-32-,43-41-,65-62+. The average Bonchev–Trinajstić information content (AvgIpc) is 3.11. The lowest BCUT2D eigenvalue weighted by atomic mass is 9.99. The van der Waals surface area contributed by atoms with E-state index in [0.29, 0.717) is 19.3 Å². The molecule has 0 aromatic rings. The summed E-state index contributed by atoms with van der Waals surface area (Å²) in [6.07, 6.45) is 77.7. The second kappa shape index (κ2) is 65.9. The molecule has 0 aromatic heterocycles. The van der Waals surface area contributed by atoms with E-state index in [1.165, 1.54) is 180 Å². The van der Waals surface area contributed by atoms with Gasteiger partial charge in [-0.3, -0.25) is 9.59 Å². The molecule has 1 saturated heterocycles. The highest BCUT2D eigenvalue weighted by Gasteiger charge is 2.47. The number of carbonyl (C=O) groups is 2. The van der Waals surface area contributed by atoms with Gasteiger partial charge < -0.3 is 45.1 Å². The molecule has 1 heterocycles. The van der Waals surface area contributed by atoms with Gasteiger partial charge in [-0.1, -0.05) is 324 Å². The molecule has 0 aliphatic carbocycles. The van der Waals surface area contributed by atoms with Gasteiger partial charge in [0.25, 0.3) is 0 Å². The molecule has 1 fully saturated rings. The Hall–Kier alpha value is -3.16. The summed E-state index contributed by atoms with van der Waals surface area (Å²) < 4.78 is 17.7. The number of rotatable bonds is 65. The monoisotopic (exact) mass is 1260 g/mol. The van der Waals surface area contributed by atoms with Crippen LogP contribution in [0.1, 0.15) is 342 Å². The van der Waals surface area contributed by atoms with Gasteiger partial charge in [0, 0.05) is 6.42 Å². The van der Waals surface area contributed by atoms with Gasteiger partial charge in [0.15, 0.2) is 12.4 Å². The Balaban J connectivity index is 2.53. The summed E-state index contributed by atoms with van der Waals surface area (Å²) >= 11 is 0. The van der Waals surface area contributed by atoms with E-state index in [2.05, 4.69) is 99.0 Å². The number of hydrogen-bond donors (Lipinski definition) is 6. The van der Waals surface area contributed by atoms with E-state index in [1.54, 1.807) is 6.08 Å². The van der Waals surface area contributed by atoms with E-state index in [0.717, 1.165) is 116 Å². The van der Waals surface area contributed by atoms with Crippen molar-refractivity contribution in [1.82, 2.24) is 5.32 Å². The van der Waals surface area contributed by atoms with Crippen molar-refractivity contribution in [2.24, 2.45) is 0 Å². The molecule has 1 rings (SSSR count). The lowest BCUT2D eigenvalue weighted by molar-refractivity contribution is -0.305. The smallest absolute Gasteiger partial charge is 0.306 e. The highest BCUT2D eigenvalue weighted by molar-refractivity contribution is 5.80. The van der Waals surface area contributed by atoms with Gasteiger partial charge in [-0.25, -0.2) is 0 Å². The number of unbranched alkanes of at least 4 members (excludes halogenated alkanes) is 39. The second-order valence-electron chi connectivity index (χ2n) is 26.0. The van der Waals surface area contributed by atoms with E-state index in [9.17, 15) is 35.1 Å². The molecule has 1 amide bonds. The highest BCUT2D eigenvalue weighted by atomic mass is 16.7. The van der Waals surface area contributed by atoms with Gasteiger partial charge in [0.2, 0.25) is 5.91 Å². The zero-order valence-electron chi connectivity index (χ0n) is 58.2. The first-order valence-electron chi connectivity index (χ1n) is 37.9. The van der Waals surface area contributed by atoms with Crippen LogP contribution in [0, 0.1) is 0 Å². The van der Waals surface area contributed by atoms with E-state index in [-0.39, 0.29) is 13.0 Å². The first-order chi connectivity index (χ1) is 44.2. The fraction of sp³-hybridized carbons (Fsp3) is 0.797. The minimum absolute atomic E-state index is 0.108. The summed E-state index contributed by atoms with van der Waals surface area (Å²) in [6.45, 7) is 5.71. The molecule has 8 unspecified atom stereocenters. The number of amides is 1. The highest BCUT2D eigenvalue weighted by Crippen LogP contribution is 2.26. The van der Waals surface area contributed by atoms with Crippen LogP contribution in [0.4, 0.5) is 0 Å². The maximum atomic E-state index is 13.5. The van der Waals surface area contributed by atoms with Crippen LogP contribution in [0.5, 0.6) is 0 Å². The van der Waals surface area contributed by atoms with Crippen LogP contribution in [0.3, 0.4) is 0 Å². The maximum Gasteiger partial charge on any atom is 0.306 e. The van der Waals surface area contributed by atoms with E-state index in [1.807, 2.05) is 6.08 Å². The van der Waals surface area contributed by atoms with Crippen LogP contribution in [-0.2, 0) is 23.8 Å². The number of hydrogen-bond acceptors (Lipinski definition) is 10. The number of ether oxygens (including phenoxy) is 3. The zero-order chi connectivity index (χ0) is 65.3. The predicted octanol–water partition coefficient (Wildman–Crippen LogP) is 20.0. The molecule has 0 saturated carbocycles. The largest absolute Gasteiger partial charge is 0.454 e. The van der Waals surface area contributed by atoms with Gasteiger partial charge in [-0.2, -0.15) is 0 Å². The molecule has 0 spiro atoms. The fourth-order valence-corrected chi connectivity index (χ4v) is 11.6. The Bertz CT molecular complexity index is 1790. The summed E-state index contributed by atoms with van der Waals surface area (Å²) in [5.41, 5.74) is 0. The molecular formula is C79H141NO10.